The second-order valence-corrected chi connectivity index (χ2v) is 5.09. The summed E-state index contributed by atoms with van der Waals surface area (Å²) in [5.74, 6) is 0.593. The molecule has 0 amide bonds. The van der Waals surface area contributed by atoms with E-state index in [-0.39, 0.29) is 6.04 Å². The van der Waals surface area contributed by atoms with Gasteiger partial charge in [0.15, 0.2) is 0 Å². The number of hydrogen-bond donors (Lipinski definition) is 1. The quantitative estimate of drug-likeness (QED) is 0.912. The molecule has 0 spiro atoms. The van der Waals surface area contributed by atoms with E-state index in [0.717, 1.165) is 10.6 Å². The molecule has 2 aromatic rings. The van der Waals surface area contributed by atoms with Gasteiger partial charge in [0.25, 0.3) is 0 Å². The summed E-state index contributed by atoms with van der Waals surface area (Å²) in [5.41, 5.74) is 1.11. The molecule has 102 valence electrons. The Kier molecular flexibility index (Phi) is 4.39. The zero-order chi connectivity index (χ0) is 13.8. The van der Waals surface area contributed by atoms with Crippen LogP contribution >= 0.6 is 11.6 Å². The van der Waals surface area contributed by atoms with Crippen LogP contribution in [0.4, 0.5) is 6.01 Å². The van der Waals surface area contributed by atoms with E-state index >= 15 is 0 Å². The molecule has 0 aliphatic rings. The van der Waals surface area contributed by atoms with Crippen LogP contribution in [-0.2, 0) is 6.54 Å². The zero-order valence-electron chi connectivity index (χ0n) is 11.2. The van der Waals surface area contributed by atoms with Gasteiger partial charge in [-0.15, -0.1) is 5.10 Å². The van der Waals surface area contributed by atoms with Crippen molar-refractivity contribution in [3.05, 3.63) is 40.7 Å². The van der Waals surface area contributed by atoms with Crippen molar-refractivity contribution in [1.82, 2.24) is 15.1 Å². The van der Waals surface area contributed by atoms with Crippen molar-refractivity contribution in [3.8, 4) is 0 Å². The SMILES string of the molecule is CC(Nc1nnc(CN(C)C)o1)c1ccc(Cl)cc1. The second-order valence-electron chi connectivity index (χ2n) is 4.66. The van der Waals surface area contributed by atoms with E-state index in [1.165, 1.54) is 0 Å². The number of halogens is 1. The lowest BCUT2D eigenvalue weighted by Crippen LogP contribution is -2.10. The van der Waals surface area contributed by atoms with Gasteiger partial charge in [-0.1, -0.05) is 28.8 Å². The Morgan fingerprint density at radius 3 is 2.58 bits per heavy atom. The molecular weight excluding hydrogens is 264 g/mol. The summed E-state index contributed by atoms with van der Waals surface area (Å²) in [7, 11) is 3.90. The molecule has 0 aliphatic carbocycles. The van der Waals surface area contributed by atoms with Gasteiger partial charge in [0.05, 0.1) is 12.6 Å². The van der Waals surface area contributed by atoms with Gasteiger partial charge in [0.1, 0.15) is 0 Å². The summed E-state index contributed by atoms with van der Waals surface area (Å²) in [6, 6.07) is 8.17. The maximum Gasteiger partial charge on any atom is 0.315 e. The fraction of sp³-hybridized carbons (Fsp3) is 0.385. The van der Waals surface area contributed by atoms with Gasteiger partial charge in [-0.3, -0.25) is 0 Å². The first kappa shape index (κ1) is 13.8. The Morgan fingerprint density at radius 1 is 1.26 bits per heavy atom. The fourth-order valence-electron chi connectivity index (χ4n) is 1.67. The lowest BCUT2D eigenvalue weighted by Gasteiger charge is -2.12. The van der Waals surface area contributed by atoms with Crippen LogP contribution in [0.1, 0.15) is 24.4 Å². The van der Waals surface area contributed by atoms with Crippen LogP contribution in [0.2, 0.25) is 5.02 Å². The molecule has 0 saturated carbocycles. The number of benzene rings is 1. The molecule has 0 saturated heterocycles. The lowest BCUT2D eigenvalue weighted by molar-refractivity contribution is 0.344. The average molecular weight is 281 g/mol. The van der Waals surface area contributed by atoms with E-state index in [1.807, 2.05) is 50.2 Å². The molecule has 0 bridgehead atoms. The van der Waals surface area contributed by atoms with Crippen LogP contribution in [0.15, 0.2) is 28.7 Å². The average Bonchev–Trinajstić information content (AvgIpc) is 2.76. The van der Waals surface area contributed by atoms with Gasteiger partial charge in [-0.25, -0.2) is 0 Å². The van der Waals surface area contributed by atoms with Gasteiger partial charge in [-0.05, 0) is 38.7 Å². The third-order valence-electron chi connectivity index (χ3n) is 2.63. The highest BCUT2D eigenvalue weighted by molar-refractivity contribution is 6.30. The molecule has 0 aliphatic heterocycles. The molecule has 6 heteroatoms. The van der Waals surface area contributed by atoms with Crippen molar-refractivity contribution < 1.29 is 4.42 Å². The number of aromatic nitrogens is 2. The van der Waals surface area contributed by atoms with Gasteiger partial charge in [0, 0.05) is 5.02 Å². The third-order valence-corrected chi connectivity index (χ3v) is 2.88. The zero-order valence-corrected chi connectivity index (χ0v) is 12.0. The summed E-state index contributed by atoms with van der Waals surface area (Å²) >= 11 is 5.86. The maximum atomic E-state index is 5.86. The highest BCUT2D eigenvalue weighted by Gasteiger charge is 2.11. The Bertz CT molecular complexity index is 524. The summed E-state index contributed by atoms with van der Waals surface area (Å²) < 4.78 is 5.51. The summed E-state index contributed by atoms with van der Waals surface area (Å²) in [4.78, 5) is 1.97. The van der Waals surface area contributed by atoms with Crippen molar-refractivity contribution in [1.29, 1.82) is 0 Å². The van der Waals surface area contributed by atoms with E-state index in [4.69, 9.17) is 16.0 Å². The van der Waals surface area contributed by atoms with Gasteiger partial charge in [-0.2, -0.15) is 0 Å². The van der Waals surface area contributed by atoms with E-state index < -0.39 is 0 Å². The lowest BCUT2D eigenvalue weighted by atomic mass is 10.1. The molecule has 1 heterocycles. The monoisotopic (exact) mass is 280 g/mol. The van der Waals surface area contributed by atoms with Crippen LogP contribution in [-0.4, -0.2) is 29.2 Å². The molecule has 1 aromatic heterocycles. The summed E-state index contributed by atoms with van der Waals surface area (Å²) in [6.07, 6.45) is 0. The van der Waals surface area contributed by atoms with Crippen molar-refractivity contribution >= 4 is 17.6 Å². The standard InChI is InChI=1S/C13H17ClN4O/c1-9(10-4-6-11(14)7-5-10)15-13-17-16-12(19-13)8-18(2)3/h4-7,9H,8H2,1-3H3,(H,15,17). The Labute approximate surface area is 117 Å². The van der Waals surface area contributed by atoms with Gasteiger partial charge < -0.3 is 14.6 Å². The minimum Gasteiger partial charge on any atom is -0.407 e. The summed E-state index contributed by atoms with van der Waals surface area (Å²) in [6.45, 7) is 2.66. The van der Waals surface area contributed by atoms with Crippen molar-refractivity contribution in [2.24, 2.45) is 0 Å². The maximum absolute atomic E-state index is 5.86. The van der Waals surface area contributed by atoms with Crippen molar-refractivity contribution in [2.75, 3.05) is 19.4 Å². The molecule has 1 atom stereocenters. The number of hydrogen-bond acceptors (Lipinski definition) is 5. The number of nitrogens with one attached hydrogen (secondary N) is 1. The van der Waals surface area contributed by atoms with E-state index in [9.17, 15) is 0 Å². The van der Waals surface area contributed by atoms with Crippen LogP contribution in [0, 0.1) is 0 Å². The second kappa shape index (κ2) is 6.04. The molecule has 0 radical (unpaired) electrons. The fourth-order valence-corrected chi connectivity index (χ4v) is 1.79. The van der Waals surface area contributed by atoms with Gasteiger partial charge in [0.2, 0.25) is 5.89 Å². The largest absolute Gasteiger partial charge is 0.407 e. The van der Waals surface area contributed by atoms with E-state index in [1.54, 1.807) is 0 Å². The van der Waals surface area contributed by atoms with Gasteiger partial charge >= 0.3 is 6.01 Å². The molecule has 5 nitrogen and oxygen atoms in total. The highest BCUT2D eigenvalue weighted by Crippen LogP contribution is 2.20. The number of anilines is 1. The van der Waals surface area contributed by atoms with Crippen molar-refractivity contribution in [2.45, 2.75) is 19.5 Å². The van der Waals surface area contributed by atoms with Crippen LogP contribution in [0.25, 0.3) is 0 Å². The Morgan fingerprint density at radius 2 is 1.95 bits per heavy atom. The van der Waals surface area contributed by atoms with Crippen molar-refractivity contribution in [3.63, 3.8) is 0 Å². The molecule has 0 fully saturated rings. The molecule has 2 rings (SSSR count). The van der Waals surface area contributed by atoms with E-state index in [2.05, 4.69) is 15.5 Å². The number of nitrogens with zero attached hydrogens (tertiary/aromatic N) is 3. The van der Waals surface area contributed by atoms with Crippen LogP contribution in [0.5, 0.6) is 0 Å². The molecular formula is C13H17ClN4O. The minimum absolute atomic E-state index is 0.0740. The smallest absolute Gasteiger partial charge is 0.315 e. The topological polar surface area (TPSA) is 54.2 Å². The van der Waals surface area contributed by atoms with E-state index in [0.29, 0.717) is 18.5 Å². The molecule has 1 unspecified atom stereocenters. The van der Waals surface area contributed by atoms with Crippen LogP contribution in [0.3, 0.4) is 0 Å². The Balaban J connectivity index is 2.00. The first-order valence-electron chi connectivity index (χ1n) is 6.03. The summed E-state index contributed by atoms with van der Waals surface area (Å²) in [5, 5.41) is 11.8. The first-order valence-corrected chi connectivity index (χ1v) is 6.41. The normalized spacial score (nSPS) is 12.7. The molecule has 19 heavy (non-hydrogen) atoms. The number of rotatable bonds is 5. The first-order chi connectivity index (χ1) is 9.04. The highest BCUT2D eigenvalue weighted by atomic mass is 35.5. The molecule has 1 N–H and O–H groups in total. The predicted molar refractivity (Wildman–Crippen MR) is 75.2 cm³/mol. The minimum atomic E-state index is 0.0740. The Hall–Kier alpha value is -1.59. The van der Waals surface area contributed by atoms with Crippen LogP contribution < -0.4 is 5.32 Å². The third kappa shape index (κ3) is 3.94. The predicted octanol–water partition coefficient (Wildman–Crippen LogP) is 2.96. The molecule has 1 aromatic carbocycles.